The van der Waals surface area contributed by atoms with Gasteiger partial charge >= 0.3 is 0 Å². The normalized spacial score (nSPS) is 19.9. The quantitative estimate of drug-likeness (QED) is 0.876. The van der Waals surface area contributed by atoms with Crippen LogP contribution in [0.1, 0.15) is 29.9 Å². The van der Waals surface area contributed by atoms with Gasteiger partial charge in [-0.3, -0.25) is 24.2 Å². The van der Waals surface area contributed by atoms with Crippen LogP contribution < -0.4 is 5.32 Å². The Bertz CT molecular complexity index is 788. The Hall–Kier alpha value is -2.77. The van der Waals surface area contributed by atoms with E-state index >= 15 is 0 Å². The topological polar surface area (TPSA) is 93.0 Å². The third-order valence-electron chi connectivity index (χ3n) is 4.66. The second kappa shape index (κ2) is 6.62. The molecule has 2 amide bonds. The van der Waals surface area contributed by atoms with E-state index in [0.717, 1.165) is 17.8 Å². The zero-order chi connectivity index (χ0) is 18.0. The summed E-state index contributed by atoms with van der Waals surface area (Å²) in [6.45, 7) is 4.39. The van der Waals surface area contributed by atoms with Crippen LogP contribution in [-0.2, 0) is 21.7 Å². The summed E-state index contributed by atoms with van der Waals surface area (Å²) in [5.41, 5.74) is 1.15. The monoisotopic (exact) mass is 342 g/mol. The highest BCUT2D eigenvalue weighted by Gasteiger charge is 2.52. The Morgan fingerprint density at radius 2 is 2.12 bits per heavy atom. The third kappa shape index (κ3) is 2.88. The molecular formula is C17H22N6O2. The number of aromatic nitrogens is 4. The molecule has 8 heteroatoms. The first-order valence-electron chi connectivity index (χ1n) is 8.29. The fourth-order valence-corrected chi connectivity index (χ4v) is 3.54. The number of nitrogens with zero attached hydrogens (tertiary/aromatic N) is 5. The number of hydrogen-bond acceptors (Lipinski definition) is 5. The van der Waals surface area contributed by atoms with Crippen LogP contribution in [0.5, 0.6) is 0 Å². The predicted octanol–water partition coefficient (Wildman–Crippen LogP) is 0.554. The van der Waals surface area contributed by atoms with Crippen molar-refractivity contribution in [3.63, 3.8) is 0 Å². The van der Waals surface area contributed by atoms with Crippen LogP contribution in [0, 0.1) is 13.8 Å². The lowest BCUT2D eigenvalue weighted by molar-refractivity contribution is -0.146. The second-order valence-electron chi connectivity index (χ2n) is 6.26. The molecule has 1 N–H and O–H groups in total. The molecule has 0 spiro atoms. The minimum Gasteiger partial charge on any atom is -0.357 e. The molecule has 0 aromatic carbocycles. The highest BCUT2D eigenvalue weighted by atomic mass is 16.2. The van der Waals surface area contributed by atoms with Gasteiger partial charge in [-0.15, -0.1) is 0 Å². The Morgan fingerprint density at radius 3 is 2.72 bits per heavy atom. The zero-order valence-corrected chi connectivity index (χ0v) is 14.7. The van der Waals surface area contributed by atoms with Gasteiger partial charge in [-0.05, 0) is 32.8 Å². The SMILES string of the molecule is CNC(=O)[C@]1(c2cnccn2)CCCN1C(=O)Cn1nc(C)cc1C. The second-order valence-corrected chi connectivity index (χ2v) is 6.26. The molecule has 132 valence electrons. The summed E-state index contributed by atoms with van der Waals surface area (Å²) >= 11 is 0. The van der Waals surface area contributed by atoms with Crippen molar-refractivity contribution in [2.45, 2.75) is 38.8 Å². The van der Waals surface area contributed by atoms with Crippen molar-refractivity contribution in [3.05, 3.63) is 41.7 Å². The molecular weight excluding hydrogens is 320 g/mol. The lowest BCUT2D eigenvalue weighted by Gasteiger charge is -2.36. The zero-order valence-electron chi connectivity index (χ0n) is 14.7. The Balaban J connectivity index is 1.97. The lowest BCUT2D eigenvalue weighted by Crippen LogP contribution is -2.55. The van der Waals surface area contributed by atoms with Crippen molar-refractivity contribution in [1.82, 2.24) is 30.0 Å². The number of likely N-dealkylation sites (tertiary alicyclic amines) is 1. The number of aryl methyl sites for hydroxylation is 2. The van der Waals surface area contributed by atoms with Crippen LogP contribution in [0.25, 0.3) is 0 Å². The van der Waals surface area contributed by atoms with Crippen LogP contribution in [0.15, 0.2) is 24.7 Å². The minimum absolute atomic E-state index is 0.0959. The Labute approximate surface area is 146 Å². The number of amides is 2. The van der Waals surface area contributed by atoms with Crippen LogP contribution >= 0.6 is 0 Å². The van der Waals surface area contributed by atoms with Gasteiger partial charge in [-0.2, -0.15) is 5.10 Å². The molecule has 0 unspecified atom stereocenters. The maximum Gasteiger partial charge on any atom is 0.252 e. The fraction of sp³-hybridized carbons (Fsp3) is 0.471. The lowest BCUT2D eigenvalue weighted by atomic mass is 9.90. The van der Waals surface area contributed by atoms with Crippen LogP contribution in [0.4, 0.5) is 0 Å². The number of rotatable bonds is 4. The van der Waals surface area contributed by atoms with Gasteiger partial charge < -0.3 is 10.2 Å². The Morgan fingerprint density at radius 1 is 1.32 bits per heavy atom. The van der Waals surface area contributed by atoms with Crippen molar-refractivity contribution in [2.75, 3.05) is 13.6 Å². The average Bonchev–Trinajstić information content (AvgIpc) is 3.19. The molecule has 3 heterocycles. The molecule has 25 heavy (non-hydrogen) atoms. The van der Waals surface area contributed by atoms with E-state index in [9.17, 15) is 9.59 Å². The number of carbonyl (C=O) groups is 2. The summed E-state index contributed by atoms with van der Waals surface area (Å²) in [7, 11) is 1.57. The van der Waals surface area contributed by atoms with E-state index in [1.165, 1.54) is 0 Å². The fourth-order valence-electron chi connectivity index (χ4n) is 3.54. The molecule has 1 fully saturated rings. The molecule has 8 nitrogen and oxygen atoms in total. The first kappa shape index (κ1) is 17.1. The van der Waals surface area contributed by atoms with E-state index < -0.39 is 5.54 Å². The molecule has 1 aliphatic heterocycles. The summed E-state index contributed by atoms with van der Waals surface area (Å²) < 4.78 is 1.67. The number of likely N-dealkylation sites (N-methyl/N-ethyl adjacent to an activating group) is 1. The predicted molar refractivity (Wildman–Crippen MR) is 90.4 cm³/mol. The minimum atomic E-state index is -1.11. The van der Waals surface area contributed by atoms with Crippen LogP contribution in [0.2, 0.25) is 0 Å². The van der Waals surface area contributed by atoms with Gasteiger partial charge in [-0.1, -0.05) is 0 Å². The molecule has 0 radical (unpaired) electrons. The summed E-state index contributed by atoms with van der Waals surface area (Å²) in [6.07, 6.45) is 5.91. The molecule has 0 aliphatic carbocycles. The first-order chi connectivity index (χ1) is 12.0. The highest BCUT2D eigenvalue weighted by molar-refractivity contribution is 5.92. The molecule has 3 rings (SSSR count). The summed E-state index contributed by atoms with van der Waals surface area (Å²) in [5.74, 6) is -0.398. The molecule has 0 bridgehead atoms. The van der Waals surface area contributed by atoms with Crippen LogP contribution in [-0.4, -0.2) is 50.1 Å². The summed E-state index contributed by atoms with van der Waals surface area (Å²) in [5, 5.41) is 7.04. The molecule has 2 aromatic heterocycles. The summed E-state index contributed by atoms with van der Waals surface area (Å²) in [4.78, 5) is 35.8. The van der Waals surface area contributed by atoms with E-state index in [1.54, 1.807) is 35.2 Å². The van der Waals surface area contributed by atoms with E-state index in [2.05, 4.69) is 20.4 Å². The summed E-state index contributed by atoms with van der Waals surface area (Å²) in [6, 6.07) is 1.92. The molecule has 1 saturated heterocycles. The smallest absolute Gasteiger partial charge is 0.252 e. The van der Waals surface area contributed by atoms with Gasteiger partial charge in [-0.25, -0.2) is 0 Å². The maximum absolute atomic E-state index is 13.0. The molecule has 2 aromatic rings. The van der Waals surface area contributed by atoms with E-state index in [0.29, 0.717) is 18.7 Å². The van der Waals surface area contributed by atoms with Crippen molar-refractivity contribution in [2.24, 2.45) is 0 Å². The van der Waals surface area contributed by atoms with Crippen molar-refractivity contribution < 1.29 is 9.59 Å². The van der Waals surface area contributed by atoms with Crippen LogP contribution in [0.3, 0.4) is 0 Å². The molecule has 0 saturated carbocycles. The van der Waals surface area contributed by atoms with Gasteiger partial charge in [0.25, 0.3) is 5.91 Å². The Kier molecular flexibility index (Phi) is 4.52. The van der Waals surface area contributed by atoms with Crippen molar-refractivity contribution >= 4 is 11.8 Å². The third-order valence-corrected chi connectivity index (χ3v) is 4.66. The number of carbonyl (C=O) groups excluding carboxylic acids is 2. The van der Waals surface area contributed by atoms with Crippen molar-refractivity contribution in [3.8, 4) is 0 Å². The van der Waals surface area contributed by atoms with E-state index in [1.807, 2.05) is 19.9 Å². The number of nitrogens with one attached hydrogen (secondary N) is 1. The van der Waals surface area contributed by atoms with E-state index in [-0.39, 0.29) is 18.4 Å². The van der Waals surface area contributed by atoms with Gasteiger partial charge in [0, 0.05) is 31.7 Å². The van der Waals surface area contributed by atoms with Crippen molar-refractivity contribution in [1.29, 1.82) is 0 Å². The van der Waals surface area contributed by atoms with Gasteiger partial charge in [0.2, 0.25) is 5.91 Å². The molecule has 1 atom stereocenters. The van der Waals surface area contributed by atoms with Gasteiger partial charge in [0.15, 0.2) is 5.54 Å². The van der Waals surface area contributed by atoms with E-state index in [4.69, 9.17) is 0 Å². The number of hydrogen-bond donors (Lipinski definition) is 1. The molecule has 1 aliphatic rings. The maximum atomic E-state index is 13.0. The van der Waals surface area contributed by atoms with Gasteiger partial charge in [0.05, 0.1) is 17.6 Å². The largest absolute Gasteiger partial charge is 0.357 e. The first-order valence-corrected chi connectivity index (χ1v) is 8.29. The highest BCUT2D eigenvalue weighted by Crippen LogP contribution is 2.38. The van der Waals surface area contributed by atoms with Gasteiger partial charge in [0.1, 0.15) is 6.54 Å². The standard InChI is InChI=1S/C17H22N6O2/c1-12-9-13(2)23(21-12)11-15(24)22-8-4-5-17(22,16(25)18-3)14-10-19-6-7-20-14/h6-7,9-10H,4-5,8,11H2,1-3H3,(H,18,25)/t17-/m1/s1. The average molecular weight is 342 g/mol.